The zero-order chi connectivity index (χ0) is 25.7. The van der Waals surface area contributed by atoms with E-state index in [1.165, 1.54) is 12.1 Å². The third kappa shape index (κ3) is 5.58. The first-order valence-corrected chi connectivity index (χ1v) is 12.1. The van der Waals surface area contributed by atoms with Crippen molar-refractivity contribution in [3.8, 4) is 22.3 Å². The van der Waals surface area contributed by atoms with E-state index < -0.39 is 29.6 Å². The van der Waals surface area contributed by atoms with Crippen molar-refractivity contribution in [2.45, 2.75) is 38.8 Å². The molecule has 0 aliphatic carbocycles. The molecule has 36 heavy (non-hydrogen) atoms. The van der Waals surface area contributed by atoms with Gasteiger partial charge in [-0.05, 0) is 41.9 Å². The van der Waals surface area contributed by atoms with E-state index in [4.69, 9.17) is 17.3 Å². The normalized spacial score (nSPS) is 18.1. The second-order valence-corrected chi connectivity index (χ2v) is 8.83. The van der Waals surface area contributed by atoms with Crippen LogP contribution < -0.4 is 0 Å². The first-order valence-electron chi connectivity index (χ1n) is 12.1. The Bertz CT molecular complexity index is 1220. The average Bonchev–Trinajstić information content (AvgIpc) is 2.91. The van der Waals surface area contributed by atoms with Crippen LogP contribution in [0.25, 0.3) is 22.3 Å². The summed E-state index contributed by atoms with van der Waals surface area (Å²) in [6, 6.07) is 12.2. The molecule has 1 saturated heterocycles. The van der Waals surface area contributed by atoms with E-state index in [9.17, 15) is 17.6 Å². The fraction of sp³-hybridized carbons (Fsp3) is 0.310. The summed E-state index contributed by atoms with van der Waals surface area (Å²) in [5.74, 6) is -3.86. The zero-order valence-electron chi connectivity index (χ0n) is 20.1. The van der Waals surface area contributed by atoms with Crippen molar-refractivity contribution >= 4 is 7.85 Å². The van der Waals surface area contributed by atoms with Gasteiger partial charge in [-0.1, -0.05) is 73.9 Å². The summed E-state index contributed by atoms with van der Waals surface area (Å²) in [5, 5.41) is 0. The Morgan fingerprint density at radius 2 is 1.36 bits per heavy atom. The number of aryl methyl sites for hydroxylation is 1. The maximum Gasteiger partial charge on any atom is 0.186 e. The van der Waals surface area contributed by atoms with E-state index in [0.717, 1.165) is 6.42 Å². The highest BCUT2D eigenvalue weighted by atomic mass is 19.2. The molecule has 3 aromatic carbocycles. The van der Waals surface area contributed by atoms with Gasteiger partial charge < -0.3 is 9.47 Å². The second-order valence-electron chi connectivity index (χ2n) is 8.83. The summed E-state index contributed by atoms with van der Waals surface area (Å²) in [7, 11) is 5.59. The monoisotopic (exact) mass is 494 g/mol. The van der Waals surface area contributed by atoms with Crippen LogP contribution >= 0.6 is 0 Å². The summed E-state index contributed by atoms with van der Waals surface area (Å²) in [6.07, 6.45) is 5.26. The molecule has 4 rings (SSSR count). The second kappa shape index (κ2) is 11.9. The topological polar surface area (TPSA) is 18.5 Å². The average molecular weight is 494 g/mol. The van der Waals surface area contributed by atoms with Crippen LogP contribution in [0.4, 0.5) is 17.6 Å². The van der Waals surface area contributed by atoms with Crippen LogP contribution in [0.1, 0.15) is 37.2 Å². The summed E-state index contributed by atoms with van der Waals surface area (Å²) < 4.78 is 70.2. The van der Waals surface area contributed by atoms with Gasteiger partial charge in [0.1, 0.15) is 0 Å². The maximum absolute atomic E-state index is 15.0. The highest BCUT2D eigenvalue weighted by Crippen LogP contribution is 2.34. The van der Waals surface area contributed by atoms with Gasteiger partial charge in [0, 0.05) is 16.7 Å². The number of hydrogen-bond donors (Lipinski definition) is 0. The van der Waals surface area contributed by atoms with Crippen molar-refractivity contribution in [2.75, 3.05) is 13.2 Å². The predicted octanol–water partition coefficient (Wildman–Crippen LogP) is 7.72. The quantitative estimate of drug-likeness (QED) is 0.181. The molecule has 1 aliphatic heterocycles. The molecule has 0 unspecified atom stereocenters. The Morgan fingerprint density at radius 1 is 0.778 bits per heavy atom. The Labute approximate surface area is 210 Å². The fourth-order valence-corrected chi connectivity index (χ4v) is 4.19. The lowest BCUT2D eigenvalue weighted by atomic mass is 9.92. The third-order valence-corrected chi connectivity index (χ3v) is 6.32. The number of allylic oxidation sites excluding steroid dienone is 2. The maximum atomic E-state index is 15.0. The minimum Gasteiger partial charge on any atom is -0.348 e. The lowest BCUT2D eigenvalue weighted by molar-refractivity contribution is -0.203. The van der Waals surface area contributed by atoms with E-state index in [1.54, 1.807) is 36.4 Å². The molecule has 0 aromatic heterocycles. The van der Waals surface area contributed by atoms with Crippen molar-refractivity contribution in [3.05, 3.63) is 95.1 Å². The van der Waals surface area contributed by atoms with E-state index in [-0.39, 0.29) is 22.6 Å². The largest absolute Gasteiger partial charge is 0.348 e. The van der Waals surface area contributed by atoms with Gasteiger partial charge in [0.2, 0.25) is 0 Å². The van der Waals surface area contributed by atoms with Crippen LogP contribution in [0.15, 0.2) is 60.7 Å². The van der Waals surface area contributed by atoms with Crippen molar-refractivity contribution in [1.82, 2.24) is 0 Å². The lowest BCUT2D eigenvalue weighted by Crippen LogP contribution is -2.27. The van der Waals surface area contributed by atoms with Gasteiger partial charge in [-0.2, -0.15) is 0 Å². The molecule has 0 bridgehead atoms. The van der Waals surface area contributed by atoms with Gasteiger partial charge in [-0.25, -0.2) is 17.6 Å². The molecule has 1 heterocycles. The van der Waals surface area contributed by atoms with Gasteiger partial charge in [0.05, 0.1) is 21.1 Å². The van der Waals surface area contributed by atoms with Crippen LogP contribution in [0, 0.1) is 29.2 Å². The van der Waals surface area contributed by atoms with Crippen molar-refractivity contribution in [2.24, 2.45) is 5.92 Å². The summed E-state index contributed by atoms with van der Waals surface area (Å²) in [4.78, 5) is 0. The molecule has 3 aromatic rings. The first kappa shape index (κ1) is 26.2. The van der Waals surface area contributed by atoms with Crippen LogP contribution in [-0.4, -0.2) is 21.1 Å². The van der Waals surface area contributed by atoms with Gasteiger partial charge in [-0.15, -0.1) is 0 Å². The molecule has 7 heteroatoms. The molecule has 0 N–H and O–H groups in total. The summed E-state index contributed by atoms with van der Waals surface area (Å²) >= 11 is 0. The number of rotatable bonds is 8. The molecule has 0 saturated carbocycles. The SMILES string of the molecule is [B]CC1COC(c2ccc(-c3ccc(-c4ccc(CC/C=C/CC)c(F)c4F)cc3)c(F)c2F)OC1. The molecule has 0 spiro atoms. The van der Waals surface area contributed by atoms with Gasteiger partial charge >= 0.3 is 0 Å². The highest BCUT2D eigenvalue weighted by Gasteiger charge is 2.27. The molecule has 2 radical (unpaired) electrons. The minimum atomic E-state index is -1.05. The van der Waals surface area contributed by atoms with Crippen LogP contribution in [0.3, 0.4) is 0 Å². The third-order valence-electron chi connectivity index (χ3n) is 6.32. The summed E-state index contributed by atoms with van der Waals surface area (Å²) in [6.45, 7) is 2.62. The predicted molar refractivity (Wildman–Crippen MR) is 134 cm³/mol. The molecule has 0 amide bonds. The van der Waals surface area contributed by atoms with Crippen molar-refractivity contribution < 1.29 is 27.0 Å². The van der Waals surface area contributed by atoms with Gasteiger partial charge in [0.15, 0.2) is 29.6 Å². The van der Waals surface area contributed by atoms with E-state index in [2.05, 4.69) is 0 Å². The molecule has 186 valence electrons. The number of halogens is 4. The van der Waals surface area contributed by atoms with Crippen molar-refractivity contribution in [3.63, 3.8) is 0 Å². The van der Waals surface area contributed by atoms with Crippen molar-refractivity contribution in [1.29, 1.82) is 0 Å². The molecule has 2 nitrogen and oxygen atoms in total. The van der Waals surface area contributed by atoms with Crippen LogP contribution in [0.2, 0.25) is 6.32 Å². The Hall–Kier alpha value is -2.90. The highest BCUT2D eigenvalue weighted by molar-refractivity contribution is 6.08. The molecular weight excluding hydrogens is 467 g/mol. The molecule has 0 atom stereocenters. The zero-order valence-corrected chi connectivity index (χ0v) is 20.1. The first-order chi connectivity index (χ1) is 17.4. The minimum absolute atomic E-state index is 0.0180. The molecule has 1 aliphatic rings. The molecular formula is C29H27BF4O2. The smallest absolute Gasteiger partial charge is 0.186 e. The van der Waals surface area contributed by atoms with Gasteiger partial charge in [-0.3, -0.25) is 0 Å². The number of benzene rings is 3. The lowest BCUT2D eigenvalue weighted by Gasteiger charge is -2.29. The van der Waals surface area contributed by atoms with E-state index >= 15 is 0 Å². The summed E-state index contributed by atoms with van der Waals surface area (Å²) in [5.41, 5.74) is 1.28. The standard InChI is InChI=1S/C29H27BF4O2/c1-2-3-4-5-6-21-11-12-22(26(32)25(21)31)19-7-9-20(10-8-19)23-13-14-24(28(34)27(23)33)29-35-16-18(15-30)17-36-29/h3-4,7-14,18,29H,2,5-6,15-17H2,1H3/b4-3+. The van der Waals surface area contributed by atoms with E-state index in [0.29, 0.717) is 49.1 Å². The Kier molecular flexibility index (Phi) is 8.65. The van der Waals surface area contributed by atoms with Gasteiger partial charge in [0.25, 0.3) is 0 Å². The Balaban J connectivity index is 1.53. The number of hydrogen-bond acceptors (Lipinski definition) is 2. The number of ether oxygens (including phenoxy) is 2. The van der Waals surface area contributed by atoms with Crippen LogP contribution in [-0.2, 0) is 15.9 Å². The Morgan fingerprint density at radius 3 is 1.94 bits per heavy atom. The fourth-order valence-electron chi connectivity index (χ4n) is 4.19. The van der Waals surface area contributed by atoms with Crippen LogP contribution in [0.5, 0.6) is 0 Å². The molecule has 1 fully saturated rings. The van der Waals surface area contributed by atoms with E-state index in [1.807, 2.05) is 19.1 Å².